The van der Waals surface area contributed by atoms with Crippen molar-refractivity contribution in [1.82, 2.24) is 4.90 Å². The van der Waals surface area contributed by atoms with Crippen molar-refractivity contribution in [3.05, 3.63) is 35.4 Å². The summed E-state index contributed by atoms with van der Waals surface area (Å²) in [5, 5.41) is 0. The summed E-state index contributed by atoms with van der Waals surface area (Å²) in [5.74, 6) is -3.49. The van der Waals surface area contributed by atoms with Crippen LogP contribution in [0, 0.1) is 5.92 Å². The minimum Gasteiger partial charge on any atom is -0.468 e. The SMILES string of the molecule is COC(=O)C1C(=O)N(CC(F)(F)F)Cc2ccccc2C1C. The van der Waals surface area contributed by atoms with Crippen LogP contribution in [0.4, 0.5) is 13.2 Å². The first-order chi connectivity index (χ1) is 10.2. The summed E-state index contributed by atoms with van der Waals surface area (Å²) < 4.78 is 42.8. The van der Waals surface area contributed by atoms with Gasteiger partial charge in [-0.25, -0.2) is 0 Å². The van der Waals surface area contributed by atoms with E-state index in [2.05, 4.69) is 4.74 Å². The summed E-state index contributed by atoms with van der Waals surface area (Å²) in [6.07, 6.45) is -4.53. The molecule has 1 aliphatic heterocycles. The number of carbonyl (C=O) groups is 2. The van der Waals surface area contributed by atoms with Crippen LogP contribution in [0.25, 0.3) is 0 Å². The number of rotatable bonds is 2. The Bertz CT molecular complexity index is 586. The normalized spacial score (nSPS) is 22.0. The average molecular weight is 315 g/mol. The highest BCUT2D eigenvalue weighted by molar-refractivity contribution is 5.99. The molecular weight excluding hydrogens is 299 g/mol. The van der Waals surface area contributed by atoms with E-state index in [0.717, 1.165) is 7.11 Å². The van der Waals surface area contributed by atoms with Crippen molar-refractivity contribution in [2.45, 2.75) is 25.6 Å². The number of fused-ring (bicyclic) bond motifs is 1. The molecule has 1 aromatic rings. The Morgan fingerprint density at radius 2 is 2.00 bits per heavy atom. The molecule has 0 saturated carbocycles. The highest BCUT2D eigenvalue weighted by Crippen LogP contribution is 2.34. The van der Waals surface area contributed by atoms with Crippen molar-refractivity contribution in [1.29, 1.82) is 0 Å². The molecule has 0 radical (unpaired) electrons. The Labute approximate surface area is 125 Å². The van der Waals surface area contributed by atoms with Crippen molar-refractivity contribution < 1.29 is 27.5 Å². The highest BCUT2D eigenvalue weighted by atomic mass is 19.4. The second-order valence-corrected chi connectivity index (χ2v) is 5.30. The van der Waals surface area contributed by atoms with Crippen LogP contribution < -0.4 is 0 Å². The number of amides is 1. The third-order valence-corrected chi connectivity index (χ3v) is 3.81. The van der Waals surface area contributed by atoms with Gasteiger partial charge >= 0.3 is 12.1 Å². The Hall–Kier alpha value is -2.05. The number of benzene rings is 1. The molecule has 1 aromatic carbocycles. The summed E-state index contributed by atoms with van der Waals surface area (Å²) >= 11 is 0. The Morgan fingerprint density at radius 1 is 1.36 bits per heavy atom. The maximum Gasteiger partial charge on any atom is 0.406 e. The van der Waals surface area contributed by atoms with Gasteiger partial charge in [-0.3, -0.25) is 9.59 Å². The van der Waals surface area contributed by atoms with Gasteiger partial charge in [0.1, 0.15) is 12.5 Å². The molecule has 1 amide bonds. The van der Waals surface area contributed by atoms with E-state index in [4.69, 9.17) is 0 Å². The number of methoxy groups -OCH3 is 1. The molecule has 1 aliphatic rings. The molecule has 2 unspecified atom stereocenters. The number of alkyl halides is 3. The molecule has 2 atom stereocenters. The second-order valence-electron chi connectivity index (χ2n) is 5.30. The number of nitrogens with zero attached hydrogens (tertiary/aromatic N) is 1. The lowest BCUT2D eigenvalue weighted by Crippen LogP contribution is -2.43. The quantitative estimate of drug-likeness (QED) is 0.622. The molecule has 0 aromatic heterocycles. The standard InChI is InChI=1S/C15H16F3NO3/c1-9-11-6-4-3-5-10(11)7-19(8-15(16,17)18)13(20)12(9)14(21)22-2/h3-6,9,12H,7-8H2,1-2H3. The number of ether oxygens (including phenoxy) is 1. The minimum atomic E-state index is -4.53. The molecule has 0 N–H and O–H groups in total. The maximum atomic E-state index is 12.7. The Morgan fingerprint density at radius 3 is 2.59 bits per heavy atom. The zero-order valence-corrected chi connectivity index (χ0v) is 12.2. The predicted octanol–water partition coefficient (Wildman–Crippen LogP) is 2.48. The third kappa shape index (κ3) is 3.23. The van der Waals surface area contributed by atoms with Gasteiger partial charge < -0.3 is 9.64 Å². The number of hydrogen-bond acceptors (Lipinski definition) is 3. The molecule has 0 bridgehead atoms. The van der Waals surface area contributed by atoms with E-state index in [-0.39, 0.29) is 6.54 Å². The Balaban J connectivity index is 2.47. The van der Waals surface area contributed by atoms with E-state index in [1.165, 1.54) is 0 Å². The zero-order valence-electron chi connectivity index (χ0n) is 12.2. The fourth-order valence-corrected chi connectivity index (χ4v) is 2.78. The summed E-state index contributed by atoms with van der Waals surface area (Å²) in [6, 6.07) is 6.82. The van der Waals surface area contributed by atoms with Gasteiger partial charge in [-0.2, -0.15) is 13.2 Å². The summed E-state index contributed by atoms with van der Waals surface area (Å²) in [5.41, 5.74) is 1.30. The highest BCUT2D eigenvalue weighted by Gasteiger charge is 2.43. The van der Waals surface area contributed by atoms with Crippen molar-refractivity contribution in [2.75, 3.05) is 13.7 Å². The summed E-state index contributed by atoms with van der Waals surface area (Å²) in [6.45, 7) is 0.0855. The van der Waals surface area contributed by atoms with Crippen molar-refractivity contribution in [3.63, 3.8) is 0 Å². The van der Waals surface area contributed by atoms with E-state index in [0.29, 0.717) is 16.0 Å². The first-order valence-corrected chi connectivity index (χ1v) is 6.75. The van der Waals surface area contributed by atoms with Gasteiger partial charge in [0.15, 0.2) is 0 Å². The van der Waals surface area contributed by atoms with Gasteiger partial charge in [0.25, 0.3) is 0 Å². The van der Waals surface area contributed by atoms with Gasteiger partial charge in [0.2, 0.25) is 5.91 Å². The molecule has 120 valence electrons. The van der Waals surface area contributed by atoms with E-state index < -0.39 is 36.4 Å². The van der Waals surface area contributed by atoms with E-state index in [1.807, 2.05) is 0 Å². The smallest absolute Gasteiger partial charge is 0.406 e. The topological polar surface area (TPSA) is 46.6 Å². The molecule has 0 saturated heterocycles. The van der Waals surface area contributed by atoms with Crippen LogP contribution in [0.15, 0.2) is 24.3 Å². The van der Waals surface area contributed by atoms with Gasteiger partial charge in [0, 0.05) is 12.5 Å². The number of esters is 1. The van der Waals surface area contributed by atoms with Crippen molar-refractivity contribution in [2.24, 2.45) is 5.92 Å². The van der Waals surface area contributed by atoms with Gasteiger partial charge in [-0.05, 0) is 11.1 Å². The number of halogens is 3. The van der Waals surface area contributed by atoms with Gasteiger partial charge in [-0.1, -0.05) is 31.2 Å². The van der Waals surface area contributed by atoms with Gasteiger partial charge in [-0.15, -0.1) is 0 Å². The monoisotopic (exact) mass is 315 g/mol. The first kappa shape index (κ1) is 16.3. The largest absolute Gasteiger partial charge is 0.468 e. The van der Waals surface area contributed by atoms with Crippen LogP contribution in [0.2, 0.25) is 0 Å². The van der Waals surface area contributed by atoms with Gasteiger partial charge in [0.05, 0.1) is 7.11 Å². The lowest BCUT2D eigenvalue weighted by Gasteiger charge is -2.25. The van der Waals surface area contributed by atoms with E-state index >= 15 is 0 Å². The molecule has 0 aliphatic carbocycles. The van der Waals surface area contributed by atoms with Crippen LogP contribution >= 0.6 is 0 Å². The average Bonchev–Trinajstić information content (AvgIpc) is 2.54. The maximum absolute atomic E-state index is 12.7. The lowest BCUT2D eigenvalue weighted by molar-refractivity contribution is -0.169. The molecule has 4 nitrogen and oxygen atoms in total. The van der Waals surface area contributed by atoms with Crippen molar-refractivity contribution >= 4 is 11.9 Å². The molecule has 1 heterocycles. The van der Waals surface area contributed by atoms with E-state index in [1.54, 1.807) is 31.2 Å². The molecule has 2 rings (SSSR count). The summed E-state index contributed by atoms with van der Waals surface area (Å²) in [7, 11) is 1.12. The predicted molar refractivity (Wildman–Crippen MR) is 71.8 cm³/mol. The first-order valence-electron chi connectivity index (χ1n) is 6.75. The minimum absolute atomic E-state index is 0.174. The molecule has 0 fully saturated rings. The van der Waals surface area contributed by atoms with Crippen LogP contribution in [-0.4, -0.2) is 36.6 Å². The second kappa shape index (κ2) is 5.98. The molecule has 7 heteroatoms. The Kier molecular flexibility index (Phi) is 4.44. The van der Waals surface area contributed by atoms with Crippen LogP contribution in [-0.2, 0) is 20.9 Å². The molecule has 22 heavy (non-hydrogen) atoms. The summed E-state index contributed by atoms with van der Waals surface area (Å²) in [4.78, 5) is 25.0. The van der Waals surface area contributed by atoms with E-state index in [9.17, 15) is 22.8 Å². The third-order valence-electron chi connectivity index (χ3n) is 3.81. The van der Waals surface area contributed by atoms with Crippen LogP contribution in [0.5, 0.6) is 0 Å². The number of hydrogen-bond donors (Lipinski definition) is 0. The lowest BCUT2D eigenvalue weighted by atomic mass is 9.86. The fourth-order valence-electron chi connectivity index (χ4n) is 2.78. The molecular formula is C15H16F3NO3. The van der Waals surface area contributed by atoms with Crippen LogP contribution in [0.1, 0.15) is 24.0 Å². The molecule has 0 spiro atoms. The zero-order chi connectivity index (χ0) is 16.5. The number of carbonyl (C=O) groups excluding carboxylic acids is 2. The van der Waals surface area contributed by atoms with Crippen molar-refractivity contribution in [3.8, 4) is 0 Å². The van der Waals surface area contributed by atoms with Crippen LogP contribution in [0.3, 0.4) is 0 Å². The fraction of sp³-hybridized carbons (Fsp3) is 0.467.